The van der Waals surface area contributed by atoms with Crippen LogP contribution in [0, 0.1) is 5.95 Å². The summed E-state index contributed by atoms with van der Waals surface area (Å²) in [5, 5.41) is 0.0440. The minimum atomic E-state index is -6.60. The number of ketones is 1. The summed E-state index contributed by atoms with van der Waals surface area (Å²) in [6, 6.07) is 4.05. The zero-order valence-corrected chi connectivity index (χ0v) is 15.9. The van der Waals surface area contributed by atoms with Crippen molar-refractivity contribution in [1.82, 2.24) is 4.98 Å². The molecule has 13 heteroatoms. The highest BCUT2D eigenvalue weighted by molar-refractivity contribution is 6.30. The van der Waals surface area contributed by atoms with Crippen molar-refractivity contribution in [3.8, 4) is 11.3 Å². The molecule has 31 heavy (non-hydrogen) atoms. The fraction of sp³-hybridized carbons (Fsp3) is 0.222. The number of rotatable bonds is 4. The quantitative estimate of drug-likeness (QED) is 0.245. The first-order valence-electron chi connectivity index (χ1n) is 7.98. The molecule has 0 radical (unpaired) electrons. The average Bonchev–Trinajstić information content (AvgIpc) is 2.58. The average molecular weight is 477 g/mol. The van der Waals surface area contributed by atoms with Crippen molar-refractivity contribution in [2.75, 3.05) is 0 Å². The first-order valence-corrected chi connectivity index (χ1v) is 8.36. The van der Waals surface area contributed by atoms with Crippen LogP contribution < -0.4 is 5.73 Å². The molecule has 0 saturated heterocycles. The van der Waals surface area contributed by atoms with E-state index in [9.17, 15) is 44.3 Å². The number of nitrogens with two attached hydrogens (primary N) is 1. The predicted molar refractivity (Wildman–Crippen MR) is 91.9 cm³/mol. The number of allylic oxidation sites excluding steroid dienone is 2. The summed E-state index contributed by atoms with van der Waals surface area (Å²) in [5.74, 6) is -10.7. The van der Waals surface area contributed by atoms with Gasteiger partial charge in [0.15, 0.2) is 5.78 Å². The summed E-state index contributed by atoms with van der Waals surface area (Å²) in [4.78, 5) is 15.4. The topological polar surface area (TPSA) is 56.0 Å². The molecule has 2 N–H and O–H groups in total. The summed E-state index contributed by atoms with van der Waals surface area (Å²) in [6.07, 6.45) is -12.3. The number of pyridine rings is 1. The van der Waals surface area contributed by atoms with Crippen LogP contribution in [0.15, 0.2) is 36.0 Å². The third-order valence-electron chi connectivity index (χ3n) is 3.83. The van der Waals surface area contributed by atoms with Crippen molar-refractivity contribution in [1.29, 1.82) is 0 Å². The minimum absolute atomic E-state index is 0.0440. The number of nitrogens with zero attached hydrogens (tertiary/aromatic N) is 1. The highest BCUT2D eigenvalue weighted by Gasteiger charge is 2.63. The Balaban J connectivity index is 3.17. The molecule has 0 fully saturated rings. The molecule has 1 aromatic heterocycles. The Morgan fingerprint density at radius 3 is 1.94 bits per heavy atom. The van der Waals surface area contributed by atoms with Crippen LogP contribution in [0.4, 0.5) is 39.5 Å². The first-order chi connectivity index (χ1) is 14.0. The van der Waals surface area contributed by atoms with Crippen LogP contribution in [0.25, 0.3) is 11.3 Å². The molecule has 0 aliphatic rings. The van der Waals surface area contributed by atoms with Crippen LogP contribution in [0.5, 0.6) is 0 Å². The zero-order chi connectivity index (χ0) is 23.9. The molecule has 0 unspecified atom stereocenters. The lowest BCUT2D eigenvalue weighted by molar-refractivity contribution is -0.291. The Morgan fingerprint density at radius 2 is 1.52 bits per heavy atom. The monoisotopic (exact) mass is 476 g/mol. The number of hydrogen-bond donors (Lipinski definition) is 1. The van der Waals surface area contributed by atoms with E-state index < -0.39 is 63.7 Å². The molecular weight excluding hydrogens is 467 g/mol. The Labute approximate surface area is 173 Å². The van der Waals surface area contributed by atoms with Gasteiger partial charge in [0.25, 0.3) is 0 Å². The highest BCUT2D eigenvalue weighted by atomic mass is 35.5. The van der Waals surface area contributed by atoms with Gasteiger partial charge in [0, 0.05) is 22.4 Å². The van der Waals surface area contributed by atoms with Crippen molar-refractivity contribution in [2.24, 2.45) is 5.73 Å². The Kier molecular flexibility index (Phi) is 6.37. The SMILES string of the molecule is C/C(N)=C/C(=O)c1c(-c2ccc(Cl)cc2)nc(F)c(C(F)(F)F)c1C(F)(F)C(F)(F)F. The van der Waals surface area contributed by atoms with E-state index in [0.29, 0.717) is 6.08 Å². The number of carbonyl (C=O) groups is 1. The van der Waals surface area contributed by atoms with Gasteiger partial charge in [0.1, 0.15) is 5.56 Å². The van der Waals surface area contributed by atoms with E-state index in [1.54, 1.807) is 0 Å². The maximum atomic E-state index is 14.3. The largest absolute Gasteiger partial charge is 0.458 e. The molecule has 3 nitrogen and oxygen atoms in total. The van der Waals surface area contributed by atoms with Crippen LogP contribution in [0.3, 0.4) is 0 Å². The number of halogens is 10. The second-order valence-electron chi connectivity index (χ2n) is 6.21. The van der Waals surface area contributed by atoms with Gasteiger partial charge in [-0.15, -0.1) is 0 Å². The van der Waals surface area contributed by atoms with Crippen molar-refractivity contribution in [3.63, 3.8) is 0 Å². The first kappa shape index (κ1) is 24.5. The third kappa shape index (κ3) is 4.78. The summed E-state index contributed by atoms with van der Waals surface area (Å²) >= 11 is 5.65. The van der Waals surface area contributed by atoms with Crippen molar-refractivity contribution < 1.29 is 44.3 Å². The Morgan fingerprint density at radius 1 is 1.00 bits per heavy atom. The van der Waals surface area contributed by atoms with Gasteiger partial charge in [-0.3, -0.25) is 4.79 Å². The van der Waals surface area contributed by atoms with Gasteiger partial charge in [-0.05, 0) is 19.1 Å². The van der Waals surface area contributed by atoms with E-state index in [-0.39, 0.29) is 5.02 Å². The molecule has 0 saturated carbocycles. The maximum Gasteiger partial charge on any atom is 0.458 e. The van der Waals surface area contributed by atoms with Gasteiger partial charge in [-0.2, -0.15) is 39.5 Å². The molecule has 1 aromatic carbocycles. The van der Waals surface area contributed by atoms with E-state index in [1.165, 1.54) is 0 Å². The van der Waals surface area contributed by atoms with Gasteiger partial charge in [0.2, 0.25) is 5.95 Å². The van der Waals surface area contributed by atoms with Crippen LogP contribution >= 0.6 is 11.6 Å². The van der Waals surface area contributed by atoms with Crippen molar-refractivity contribution >= 4 is 17.4 Å². The molecular formula is C18H10ClF9N2O. The molecule has 1 heterocycles. The number of benzene rings is 1. The predicted octanol–water partition coefficient (Wildman–Crippen LogP) is 6.26. The van der Waals surface area contributed by atoms with Gasteiger partial charge in [-0.25, -0.2) is 4.98 Å². The molecule has 0 aliphatic carbocycles. The van der Waals surface area contributed by atoms with Gasteiger partial charge >= 0.3 is 18.3 Å². The number of aromatic nitrogens is 1. The lowest BCUT2D eigenvalue weighted by atomic mass is 9.89. The summed E-state index contributed by atoms with van der Waals surface area (Å²) < 4.78 is 122. The molecule has 0 spiro atoms. The van der Waals surface area contributed by atoms with E-state index in [1.807, 2.05) is 0 Å². The fourth-order valence-electron chi connectivity index (χ4n) is 2.61. The summed E-state index contributed by atoms with van der Waals surface area (Å²) in [6.45, 7) is 1.03. The highest BCUT2D eigenvalue weighted by Crippen LogP contribution is 2.51. The van der Waals surface area contributed by atoms with Crippen molar-refractivity contribution in [2.45, 2.75) is 25.2 Å². The second-order valence-corrected chi connectivity index (χ2v) is 6.64. The minimum Gasteiger partial charge on any atom is -0.402 e. The zero-order valence-electron chi connectivity index (χ0n) is 15.1. The summed E-state index contributed by atoms with van der Waals surface area (Å²) in [5.41, 5.74) is -4.54. The maximum absolute atomic E-state index is 14.3. The van der Waals surface area contributed by atoms with E-state index in [2.05, 4.69) is 4.98 Å². The normalized spacial score (nSPS) is 13.5. The van der Waals surface area contributed by atoms with Crippen LogP contribution in [0.1, 0.15) is 28.4 Å². The molecule has 0 amide bonds. The lowest BCUT2D eigenvalue weighted by Gasteiger charge is -2.26. The molecule has 2 rings (SSSR count). The van der Waals surface area contributed by atoms with Crippen LogP contribution in [-0.4, -0.2) is 16.9 Å². The Hall–Kier alpha value is -2.76. The van der Waals surface area contributed by atoms with E-state index in [0.717, 1.165) is 31.2 Å². The van der Waals surface area contributed by atoms with Gasteiger partial charge in [-0.1, -0.05) is 23.7 Å². The molecule has 2 aromatic rings. The Bertz CT molecular complexity index is 1040. The number of hydrogen-bond acceptors (Lipinski definition) is 3. The molecule has 168 valence electrons. The van der Waals surface area contributed by atoms with E-state index >= 15 is 0 Å². The van der Waals surface area contributed by atoms with Gasteiger partial charge in [0.05, 0.1) is 16.8 Å². The number of carbonyl (C=O) groups excluding carboxylic acids is 1. The number of alkyl halides is 8. The fourth-order valence-corrected chi connectivity index (χ4v) is 2.73. The second kappa shape index (κ2) is 8.06. The smallest absolute Gasteiger partial charge is 0.402 e. The van der Waals surface area contributed by atoms with Gasteiger partial charge < -0.3 is 5.73 Å². The molecule has 0 atom stereocenters. The molecule has 0 bridgehead atoms. The molecule has 0 aliphatic heterocycles. The van der Waals surface area contributed by atoms with E-state index in [4.69, 9.17) is 17.3 Å². The van der Waals surface area contributed by atoms with Crippen LogP contribution in [0.2, 0.25) is 5.02 Å². The van der Waals surface area contributed by atoms with Crippen LogP contribution in [-0.2, 0) is 12.1 Å². The standard InChI is InChI=1S/C18H10ClF9N2O/c1-7(29)6-10(31)11-12(16(21,22)18(26,27)28)13(17(23,24)25)15(20)30-14(11)8-2-4-9(19)5-3-8/h2-6H,29H2,1H3/b7-6-. The lowest BCUT2D eigenvalue weighted by Crippen LogP contribution is -2.38. The van der Waals surface area contributed by atoms with Crippen molar-refractivity contribution in [3.05, 3.63) is 63.7 Å². The third-order valence-corrected chi connectivity index (χ3v) is 4.08. The summed E-state index contributed by atoms with van der Waals surface area (Å²) in [7, 11) is 0.